The molecule has 0 aliphatic heterocycles. The van der Waals surface area contributed by atoms with Crippen molar-refractivity contribution in [3.05, 3.63) is 17.5 Å². The Balaban J connectivity index is 2.64. The van der Waals surface area contributed by atoms with Crippen LogP contribution in [0.5, 0.6) is 0 Å². The van der Waals surface area contributed by atoms with Gasteiger partial charge < -0.3 is 5.32 Å². The molecule has 0 saturated carbocycles. The van der Waals surface area contributed by atoms with E-state index in [1.54, 1.807) is 4.68 Å². The Labute approximate surface area is 109 Å². The molecule has 0 amide bonds. The Kier molecular flexibility index (Phi) is 4.55. The highest BCUT2D eigenvalue weighted by Crippen LogP contribution is 2.08. The lowest BCUT2D eigenvalue weighted by Gasteiger charge is -2.20. The number of rotatable bonds is 5. The first-order valence-electron chi connectivity index (χ1n) is 6.02. The molecule has 18 heavy (non-hydrogen) atoms. The number of aryl methyl sites for hydroxylation is 2. The number of nitrogens with one attached hydrogen (secondary N) is 1. The second kappa shape index (κ2) is 5.40. The summed E-state index contributed by atoms with van der Waals surface area (Å²) in [5, 5.41) is 7.72. The second-order valence-electron chi connectivity index (χ2n) is 5.74. The van der Waals surface area contributed by atoms with Crippen LogP contribution < -0.4 is 5.32 Å². The molecule has 104 valence electrons. The zero-order chi connectivity index (χ0) is 14.0. The minimum atomic E-state index is -2.94. The molecule has 6 heteroatoms. The van der Waals surface area contributed by atoms with E-state index in [2.05, 4.69) is 31.2 Å². The first-order valence-corrected chi connectivity index (χ1v) is 8.08. The summed E-state index contributed by atoms with van der Waals surface area (Å²) in [5.74, 6) is 0.125. The zero-order valence-corrected chi connectivity index (χ0v) is 12.6. The van der Waals surface area contributed by atoms with Crippen LogP contribution in [0.2, 0.25) is 0 Å². The van der Waals surface area contributed by atoms with E-state index < -0.39 is 9.84 Å². The Morgan fingerprint density at radius 3 is 2.50 bits per heavy atom. The summed E-state index contributed by atoms with van der Waals surface area (Å²) in [4.78, 5) is 0. The molecule has 1 aromatic heterocycles. The summed E-state index contributed by atoms with van der Waals surface area (Å²) in [6.07, 6.45) is 3.16. The fourth-order valence-electron chi connectivity index (χ4n) is 1.47. The van der Waals surface area contributed by atoms with Crippen LogP contribution in [0.4, 0.5) is 0 Å². The van der Waals surface area contributed by atoms with E-state index in [1.165, 1.54) is 6.26 Å². The highest BCUT2D eigenvalue weighted by molar-refractivity contribution is 7.90. The van der Waals surface area contributed by atoms with Crippen molar-refractivity contribution in [1.82, 2.24) is 15.1 Å². The van der Waals surface area contributed by atoms with Crippen LogP contribution in [-0.2, 0) is 22.9 Å². The lowest BCUT2D eigenvalue weighted by molar-refractivity contribution is 0.423. The van der Waals surface area contributed by atoms with Gasteiger partial charge in [-0.05, 0) is 27.7 Å². The van der Waals surface area contributed by atoms with Gasteiger partial charge >= 0.3 is 0 Å². The van der Waals surface area contributed by atoms with Crippen LogP contribution in [0.15, 0.2) is 6.20 Å². The molecule has 5 nitrogen and oxygen atoms in total. The van der Waals surface area contributed by atoms with Gasteiger partial charge in [0, 0.05) is 30.1 Å². The average molecular weight is 273 g/mol. The van der Waals surface area contributed by atoms with Crippen molar-refractivity contribution >= 4 is 9.84 Å². The van der Waals surface area contributed by atoms with Crippen LogP contribution in [-0.4, -0.2) is 35.7 Å². The van der Waals surface area contributed by atoms with Crippen LogP contribution in [0, 0.1) is 6.92 Å². The quantitative estimate of drug-likeness (QED) is 0.873. The van der Waals surface area contributed by atoms with E-state index in [1.807, 2.05) is 13.1 Å². The molecule has 1 aromatic rings. The third-order valence-electron chi connectivity index (χ3n) is 2.55. The summed E-state index contributed by atoms with van der Waals surface area (Å²) in [7, 11) is -2.94. The maximum absolute atomic E-state index is 11.1. The topological polar surface area (TPSA) is 64.0 Å². The van der Waals surface area contributed by atoms with Crippen LogP contribution in [0.25, 0.3) is 0 Å². The average Bonchev–Trinajstić information content (AvgIpc) is 2.51. The molecule has 0 unspecified atom stereocenters. The van der Waals surface area contributed by atoms with Crippen molar-refractivity contribution in [2.24, 2.45) is 0 Å². The molecule has 0 saturated heterocycles. The van der Waals surface area contributed by atoms with E-state index in [4.69, 9.17) is 0 Å². The maximum Gasteiger partial charge on any atom is 0.149 e. The van der Waals surface area contributed by atoms with E-state index in [9.17, 15) is 8.42 Å². The van der Waals surface area contributed by atoms with Crippen LogP contribution in [0.1, 0.15) is 32.0 Å². The largest absolute Gasteiger partial charge is 0.308 e. The molecule has 0 aliphatic carbocycles. The van der Waals surface area contributed by atoms with E-state index >= 15 is 0 Å². The highest BCUT2D eigenvalue weighted by atomic mass is 32.2. The molecule has 0 atom stereocenters. The normalized spacial score (nSPS) is 12.9. The maximum atomic E-state index is 11.1. The van der Waals surface area contributed by atoms with Gasteiger partial charge in [-0.15, -0.1) is 0 Å². The van der Waals surface area contributed by atoms with Crippen molar-refractivity contribution in [1.29, 1.82) is 0 Å². The van der Waals surface area contributed by atoms with Gasteiger partial charge in [-0.25, -0.2) is 8.42 Å². The van der Waals surface area contributed by atoms with Crippen LogP contribution in [0.3, 0.4) is 0 Å². The highest BCUT2D eigenvalue weighted by Gasteiger charge is 2.12. The van der Waals surface area contributed by atoms with E-state index in [0.29, 0.717) is 6.54 Å². The van der Waals surface area contributed by atoms with Gasteiger partial charge in [-0.1, -0.05) is 0 Å². The number of hydrogen-bond donors (Lipinski definition) is 1. The number of nitrogens with zero attached hydrogens (tertiary/aromatic N) is 2. The minimum Gasteiger partial charge on any atom is -0.308 e. The smallest absolute Gasteiger partial charge is 0.149 e. The molecular formula is C12H23N3O2S. The third kappa shape index (κ3) is 5.64. The van der Waals surface area contributed by atoms with Gasteiger partial charge in [-0.3, -0.25) is 4.68 Å². The first-order chi connectivity index (χ1) is 8.07. The molecule has 1 N–H and O–H groups in total. The van der Waals surface area contributed by atoms with Crippen molar-refractivity contribution in [3.63, 3.8) is 0 Å². The summed E-state index contributed by atoms with van der Waals surface area (Å²) < 4.78 is 23.9. The molecule has 0 aliphatic rings. The van der Waals surface area contributed by atoms with Gasteiger partial charge in [0.15, 0.2) is 0 Å². The van der Waals surface area contributed by atoms with Gasteiger partial charge in [0.2, 0.25) is 0 Å². The minimum absolute atomic E-state index is 0.0568. The van der Waals surface area contributed by atoms with Gasteiger partial charge in [0.25, 0.3) is 0 Å². The summed E-state index contributed by atoms with van der Waals surface area (Å²) in [6, 6.07) is 0. The zero-order valence-electron chi connectivity index (χ0n) is 11.8. The molecule has 1 heterocycles. The molecule has 0 spiro atoms. The van der Waals surface area contributed by atoms with Crippen molar-refractivity contribution in [3.8, 4) is 0 Å². The fraction of sp³-hybridized carbons (Fsp3) is 0.750. The molecule has 0 fully saturated rings. The number of sulfone groups is 1. The Morgan fingerprint density at radius 1 is 1.39 bits per heavy atom. The Bertz CT molecular complexity index is 498. The van der Waals surface area contributed by atoms with Gasteiger partial charge in [-0.2, -0.15) is 5.10 Å². The predicted molar refractivity (Wildman–Crippen MR) is 73.3 cm³/mol. The molecule has 0 bridgehead atoms. The summed E-state index contributed by atoms with van der Waals surface area (Å²) >= 11 is 0. The summed E-state index contributed by atoms with van der Waals surface area (Å²) in [6.45, 7) is 9.42. The van der Waals surface area contributed by atoms with E-state index in [0.717, 1.165) is 17.8 Å². The lowest BCUT2D eigenvalue weighted by Crippen LogP contribution is -2.35. The Morgan fingerprint density at radius 2 is 2.00 bits per heavy atom. The molecular weight excluding hydrogens is 250 g/mol. The SMILES string of the molecule is Cc1nn(CCS(C)(=O)=O)cc1CNC(C)(C)C. The van der Waals surface area contributed by atoms with Gasteiger partial charge in [0.05, 0.1) is 18.0 Å². The monoisotopic (exact) mass is 273 g/mol. The van der Waals surface area contributed by atoms with Crippen molar-refractivity contribution < 1.29 is 8.42 Å². The van der Waals surface area contributed by atoms with Gasteiger partial charge in [0.1, 0.15) is 9.84 Å². The molecule has 0 aromatic carbocycles. The third-order valence-corrected chi connectivity index (χ3v) is 3.47. The van der Waals surface area contributed by atoms with Crippen molar-refractivity contribution in [2.45, 2.75) is 46.3 Å². The number of aromatic nitrogens is 2. The van der Waals surface area contributed by atoms with Crippen LogP contribution >= 0.6 is 0 Å². The predicted octanol–water partition coefficient (Wildman–Crippen LogP) is 1.12. The molecule has 1 rings (SSSR count). The number of hydrogen-bond acceptors (Lipinski definition) is 4. The summed E-state index contributed by atoms with van der Waals surface area (Å²) in [5.41, 5.74) is 2.11. The lowest BCUT2D eigenvalue weighted by atomic mass is 10.1. The second-order valence-corrected chi connectivity index (χ2v) is 8.00. The Hall–Kier alpha value is -0.880. The van der Waals surface area contributed by atoms with E-state index in [-0.39, 0.29) is 11.3 Å². The fourth-order valence-corrected chi connectivity index (χ4v) is 1.99. The molecule has 0 radical (unpaired) electrons. The first kappa shape index (κ1) is 15.2. The van der Waals surface area contributed by atoms with Crippen molar-refractivity contribution in [2.75, 3.05) is 12.0 Å². The standard InChI is InChI=1S/C12H23N3O2S/c1-10-11(8-13-12(2,3)4)9-15(14-10)6-7-18(5,16)17/h9,13H,6-8H2,1-5H3.